The van der Waals surface area contributed by atoms with Crippen LogP contribution in [0.25, 0.3) is 0 Å². The second kappa shape index (κ2) is 9.64. The summed E-state index contributed by atoms with van der Waals surface area (Å²) < 4.78 is 5.17. The van der Waals surface area contributed by atoms with Crippen molar-refractivity contribution in [2.24, 2.45) is 0 Å². The van der Waals surface area contributed by atoms with Crippen LogP contribution in [0, 0.1) is 0 Å². The third kappa shape index (κ3) is 5.56. The lowest BCUT2D eigenvalue weighted by atomic mass is 10.1. The minimum Gasteiger partial charge on any atom is -0.504 e. The predicted octanol–water partition coefficient (Wildman–Crippen LogP) is 2.95. The fourth-order valence-electron chi connectivity index (χ4n) is 2.51. The fraction of sp³-hybridized carbons (Fsp3) is 0.647. The third-order valence-electron chi connectivity index (χ3n) is 3.99. The van der Waals surface area contributed by atoms with Crippen LogP contribution in [0.2, 0.25) is 0 Å². The molecule has 120 valence electrons. The second-order valence-electron chi connectivity index (χ2n) is 5.22. The summed E-state index contributed by atoms with van der Waals surface area (Å²) in [4.78, 5) is 4.80. The quantitative estimate of drug-likeness (QED) is 0.720. The number of phenols is 1. The Bertz CT molecular complexity index is 406. The Labute approximate surface area is 129 Å². The molecule has 0 saturated carbocycles. The van der Waals surface area contributed by atoms with E-state index in [0.717, 1.165) is 51.3 Å². The normalized spacial score (nSPS) is 11.3. The monoisotopic (exact) mass is 294 g/mol. The van der Waals surface area contributed by atoms with Crippen molar-refractivity contribution in [1.82, 2.24) is 9.80 Å². The summed E-state index contributed by atoms with van der Waals surface area (Å²) in [7, 11) is 1.58. The number of hydrogen-bond donors (Lipinski definition) is 1. The van der Waals surface area contributed by atoms with Crippen molar-refractivity contribution in [3.63, 3.8) is 0 Å². The first kappa shape index (κ1) is 17.8. The van der Waals surface area contributed by atoms with E-state index in [1.54, 1.807) is 13.2 Å². The van der Waals surface area contributed by atoms with Gasteiger partial charge < -0.3 is 14.7 Å². The molecule has 0 heterocycles. The number of methoxy groups -OCH3 is 1. The zero-order chi connectivity index (χ0) is 15.7. The maximum atomic E-state index is 10.2. The third-order valence-corrected chi connectivity index (χ3v) is 3.99. The molecule has 1 N–H and O–H groups in total. The van der Waals surface area contributed by atoms with Gasteiger partial charge >= 0.3 is 0 Å². The van der Waals surface area contributed by atoms with Crippen LogP contribution in [0.4, 0.5) is 0 Å². The van der Waals surface area contributed by atoms with Crippen molar-refractivity contribution in [2.75, 3.05) is 39.8 Å². The molecule has 0 amide bonds. The van der Waals surface area contributed by atoms with E-state index >= 15 is 0 Å². The number of rotatable bonds is 10. The molecule has 0 unspecified atom stereocenters. The summed E-state index contributed by atoms with van der Waals surface area (Å²) in [5.41, 5.74) is 0.930. The summed E-state index contributed by atoms with van der Waals surface area (Å²) >= 11 is 0. The van der Waals surface area contributed by atoms with Crippen molar-refractivity contribution < 1.29 is 9.84 Å². The smallest absolute Gasteiger partial charge is 0.162 e. The summed E-state index contributed by atoms with van der Waals surface area (Å²) in [5.74, 6) is 0.814. The van der Waals surface area contributed by atoms with Crippen molar-refractivity contribution in [3.8, 4) is 11.5 Å². The molecule has 0 aliphatic carbocycles. The van der Waals surface area contributed by atoms with E-state index in [-0.39, 0.29) is 5.75 Å². The maximum absolute atomic E-state index is 10.2. The van der Waals surface area contributed by atoms with Gasteiger partial charge in [-0.1, -0.05) is 32.9 Å². The van der Waals surface area contributed by atoms with E-state index in [9.17, 15) is 5.11 Å². The number of benzene rings is 1. The molecule has 4 nitrogen and oxygen atoms in total. The molecule has 0 saturated heterocycles. The highest BCUT2D eigenvalue weighted by Crippen LogP contribution is 2.30. The number of para-hydroxylation sites is 1. The van der Waals surface area contributed by atoms with Crippen molar-refractivity contribution in [1.29, 1.82) is 0 Å². The zero-order valence-electron chi connectivity index (χ0n) is 13.9. The Morgan fingerprint density at radius 1 is 1.00 bits per heavy atom. The minimum atomic E-state index is 0.266. The first-order valence-corrected chi connectivity index (χ1v) is 7.95. The van der Waals surface area contributed by atoms with Crippen LogP contribution in [-0.2, 0) is 6.54 Å². The Morgan fingerprint density at radius 2 is 1.62 bits per heavy atom. The van der Waals surface area contributed by atoms with E-state index in [4.69, 9.17) is 4.74 Å². The first-order valence-electron chi connectivity index (χ1n) is 7.95. The fourth-order valence-corrected chi connectivity index (χ4v) is 2.51. The van der Waals surface area contributed by atoms with Crippen LogP contribution < -0.4 is 4.74 Å². The summed E-state index contributed by atoms with van der Waals surface area (Å²) in [6.07, 6.45) is 1.15. The Hall–Kier alpha value is -1.26. The Morgan fingerprint density at radius 3 is 2.19 bits per heavy atom. The van der Waals surface area contributed by atoms with Gasteiger partial charge in [0.05, 0.1) is 7.11 Å². The molecule has 0 spiro atoms. The molecule has 0 aromatic heterocycles. The Kier molecular flexibility index (Phi) is 8.16. The van der Waals surface area contributed by atoms with Gasteiger partial charge in [0.25, 0.3) is 0 Å². The number of aromatic hydroxyl groups is 1. The van der Waals surface area contributed by atoms with Gasteiger partial charge in [0.15, 0.2) is 11.5 Å². The summed E-state index contributed by atoms with van der Waals surface area (Å²) in [6, 6.07) is 5.68. The van der Waals surface area contributed by atoms with E-state index < -0.39 is 0 Å². The zero-order valence-corrected chi connectivity index (χ0v) is 13.9. The average molecular weight is 294 g/mol. The predicted molar refractivity (Wildman–Crippen MR) is 88.0 cm³/mol. The minimum absolute atomic E-state index is 0.266. The number of nitrogens with zero attached hydrogens (tertiary/aromatic N) is 2. The van der Waals surface area contributed by atoms with Crippen LogP contribution in [0.15, 0.2) is 18.2 Å². The molecular weight excluding hydrogens is 264 g/mol. The van der Waals surface area contributed by atoms with Gasteiger partial charge in [-0.2, -0.15) is 0 Å². The number of hydrogen-bond acceptors (Lipinski definition) is 4. The number of ether oxygens (including phenoxy) is 1. The van der Waals surface area contributed by atoms with Gasteiger partial charge in [0, 0.05) is 12.1 Å². The van der Waals surface area contributed by atoms with E-state index in [0.29, 0.717) is 5.75 Å². The van der Waals surface area contributed by atoms with E-state index in [1.165, 1.54) is 0 Å². The van der Waals surface area contributed by atoms with Crippen LogP contribution >= 0.6 is 0 Å². The summed E-state index contributed by atoms with van der Waals surface area (Å²) in [6.45, 7) is 12.7. The molecule has 4 heteroatoms. The highest BCUT2D eigenvalue weighted by atomic mass is 16.5. The van der Waals surface area contributed by atoms with E-state index in [1.807, 2.05) is 12.1 Å². The van der Waals surface area contributed by atoms with Crippen LogP contribution in [-0.4, -0.2) is 54.7 Å². The molecule has 1 aromatic rings. The van der Waals surface area contributed by atoms with Gasteiger partial charge in [-0.15, -0.1) is 0 Å². The topological polar surface area (TPSA) is 35.9 Å². The molecule has 21 heavy (non-hydrogen) atoms. The lowest BCUT2D eigenvalue weighted by Crippen LogP contribution is -2.29. The van der Waals surface area contributed by atoms with E-state index in [2.05, 4.69) is 30.6 Å². The highest BCUT2D eigenvalue weighted by Gasteiger charge is 2.11. The molecule has 0 atom stereocenters. The molecular formula is C17H30N2O2. The van der Waals surface area contributed by atoms with Gasteiger partial charge in [-0.3, -0.25) is 4.90 Å². The van der Waals surface area contributed by atoms with Gasteiger partial charge in [0.2, 0.25) is 0 Å². The Balaban J connectivity index is 2.54. The largest absolute Gasteiger partial charge is 0.504 e. The lowest BCUT2D eigenvalue weighted by Gasteiger charge is -2.24. The molecule has 0 radical (unpaired) electrons. The molecule has 1 rings (SSSR count). The molecule has 0 aliphatic heterocycles. The van der Waals surface area contributed by atoms with Crippen molar-refractivity contribution >= 4 is 0 Å². The first-order chi connectivity index (χ1) is 10.2. The van der Waals surface area contributed by atoms with Crippen molar-refractivity contribution in [3.05, 3.63) is 23.8 Å². The van der Waals surface area contributed by atoms with Crippen LogP contribution in [0.3, 0.4) is 0 Å². The molecule has 0 bridgehead atoms. The SMILES string of the molecule is CCN(CC)CCCN(CC)Cc1cccc(OC)c1O. The summed E-state index contributed by atoms with van der Waals surface area (Å²) in [5, 5.41) is 10.2. The van der Waals surface area contributed by atoms with Gasteiger partial charge in [-0.05, 0) is 45.2 Å². The van der Waals surface area contributed by atoms with Crippen LogP contribution in [0.1, 0.15) is 32.8 Å². The maximum Gasteiger partial charge on any atom is 0.162 e. The average Bonchev–Trinajstić information content (AvgIpc) is 2.52. The van der Waals surface area contributed by atoms with Crippen LogP contribution in [0.5, 0.6) is 11.5 Å². The van der Waals surface area contributed by atoms with Gasteiger partial charge in [0.1, 0.15) is 0 Å². The second-order valence-corrected chi connectivity index (χ2v) is 5.22. The van der Waals surface area contributed by atoms with Crippen molar-refractivity contribution in [2.45, 2.75) is 33.7 Å². The van der Waals surface area contributed by atoms with Gasteiger partial charge in [-0.25, -0.2) is 0 Å². The molecule has 1 aromatic carbocycles. The lowest BCUT2D eigenvalue weighted by molar-refractivity contribution is 0.236. The standard InChI is InChI=1S/C17H30N2O2/c1-5-18(6-2)12-9-13-19(7-3)14-15-10-8-11-16(21-4)17(15)20/h8,10-11,20H,5-7,9,12-14H2,1-4H3. The number of phenolic OH excluding ortho intramolecular Hbond substituents is 1. The molecule has 0 aliphatic rings. The highest BCUT2D eigenvalue weighted by molar-refractivity contribution is 5.45. The molecule has 0 fully saturated rings.